The number of hydrogen-bond acceptors (Lipinski definition) is 5. The number of carbonyl (C=O) groups is 1. The Morgan fingerprint density at radius 3 is 2.29 bits per heavy atom. The zero-order valence-electron chi connectivity index (χ0n) is 8.90. The Balaban J connectivity index is 4.07. The van der Waals surface area contributed by atoms with Gasteiger partial charge in [-0.1, -0.05) is 0 Å². The van der Waals surface area contributed by atoms with Crippen molar-refractivity contribution in [1.82, 2.24) is 5.32 Å². The summed E-state index contributed by atoms with van der Waals surface area (Å²) in [5.41, 5.74) is 0. The first-order valence-corrected chi connectivity index (χ1v) is 6.34. The van der Waals surface area contributed by atoms with Crippen molar-refractivity contribution in [1.29, 1.82) is 0 Å². The van der Waals surface area contributed by atoms with Crippen molar-refractivity contribution < 1.29 is 17.9 Å². The predicted octanol–water partition coefficient (Wildman–Crippen LogP) is -0.429. The highest BCUT2D eigenvalue weighted by Crippen LogP contribution is 1.94. The van der Waals surface area contributed by atoms with Gasteiger partial charge in [-0.05, 0) is 13.8 Å². The maximum absolute atomic E-state index is 11.0. The second kappa shape index (κ2) is 5.31. The Hall–Kier alpha value is -0.620. The highest BCUT2D eigenvalue weighted by Gasteiger charge is 2.17. The van der Waals surface area contributed by atoms with Crippen LogP contribution in [0.25, 0.3) is 0 Å². The molecule has 0 aromatic heterocycles. The van der Waals surface area contributed by atoms with Crippen LogP contribution in [-0.4, -0.2) is 45.6 Å². The van der Waals surface area contributed by atoms with Crippen LogP contribution in [0.1, 0.15) is 13.8 Å². The lowest BCUT2D eigenvalue weighted by atomic mass is 10.3. The number of rotatable bonds is 5. The molecule has 0 spiro atoms. The number of nitrogens with one attached hydrogen (secondary N) is 1. The SMILES string of the molecule is COC(=O)C(C)NC(C)CS(C)(=O)=O. The largest absolute Gasteiger partial charge is 0.468 e. The quantitative estimate of drug-likeness (QED) is 0.640. The Labute approximate surface area is 84.7 Å². The van der Waals surface area contributed by atoms with Crippen LogP contribution in [0.3, 0.4) is 0 Å². The lowest BCUT2D eigenvalue weighted by Crippen LogP contribution is -2.43. The maximum atomic E-state index is 11.0. The molecule has 0 saturated heterocycles. The van der Waals surface area contributed by atoms with E-state index in [-0.39, 0.29) is 11.8 Å². The number of hydrogen-bond donors (Lipinski definition) is 1. The molecule has 0 fully saturated rings. The molecule has 0 saturated carbocycles. The van der Waals surface area contributed by atoms with E-state index in [1.54, 1.807) is 13.8 Å². The van der Waals surface area contributed by atoms with Crippen molar-refractivity contribution in [2.45, 2.75) is 25.9 Å². The van der Waals surface area contributed by atoms with E-state index in [2.05, 4.69) is 10.1 Å². The highest BCUT2D eigenvalue weighted by atomic mass is 32.2. The van der Waals surface area contributed by atoms with Gasteiger partial charge in [0.05, 0.1) is 12.9 Å². The molecule has 0 rings (SSSR count). The predicted molar refractivity (Wildman–Crippen MR) is 53.8 cm³/mol. The van der Waals surface area contributed by atoms with Gasteiger partial charge in [0.25, 0.3) is 0 Å². The van der Waals surface area contributed by atoms with E-state index in [1.165, 1.54) is 7.11 Å². The van der Waals surface area contributed by atoms with E-state index in [4.69, 9.17) is 0 Å². The summed E-state index contributed by atoms with van der Waals surface area (Å²) in [7, 11) is -1.72. The molecular weight excluding hydrogens is 206 g/mol. The summed E-state index contributed by atoms with van der Waals surface area (Å²) in [6.07, 6.45) is 1.16. The molecule has 6 heteroatoms. The molecule has 2 atom stereocenters. The average molecular weight is 223 g/mol. The van der Waals surface area contributed by atoms with Crippen LogP contribution in [0.5, 0.6) is 0 Å². The fraction of sp³-hybridized carbons (Fsp3) is 0.875. The lowest BCUT2D eigenvalue weighted by molar-refractivity contribution is -0.142. The summed E-state index contributed by atoms with van der Waals surface area (Å²) in [6.45, 7) is 3.34. The molecular formula is C8H17NO4S. The van der Waals surface area contributed by atoms with E-state index >= 15 is 0 Å². The van der Waals surface area contributed by atoms with Crippen LogP contribution in [0.4, 0.5) is 0 Å². The summed E-state index contributed by atoms with van der Waals surface area (Å²) in [5.74, 6) is -0.390. The molecule has 0 aliphatic carbocycles. The molecule has 5 nitrogen and oxygen atoms in total. The van der Waals surface area contributed by atoms with E-state index in [0.717, 1.165) is 6.26 Å². The monoisotopic (exact) mass is 223 g/mol. The van der Waals surface area contributed by atoms with Crippen molar-refractivity contribution in [3.8, 4) is 0 Å². The molecule has 1 N–H and O–H groups in total. The second-order valence-electron chi connectivity index (χ2n) is 3.40. The minimum absolute atomic E-state index is 0.00827. The van der Waals surface area contributed by atoms with Gasteiger partial charge in [-0.25, -0.2) is 8.42 Å². The molecule has 0 amide bonds. The van der Waals surface area contributed by atoms with E-state index in [9.17, 15) is 13.2 Å². The standard InChI is InChI=1S/C8H17NO4S/c1-6(5-14(4,11)12)9-7(2)8(10)13-3/h6-7,9H,5H2,1-4H3. The lowest BCUT2D eigenvalue weighted by Gasteiger charge is -2.17. The molecule has 0 bridgehead atoms. The Morgan fingerprint density at radius 1 is 1.43 bits per heavy atom. The Kier molecular flexibility index (Phi) is 5.07. The summed E-state index contributed by atoms with van der Waals surface area (Å²) >= 11 is 0. The van der Waals surface area contributed by atoms with Crippen LogP contribution in [0, 0.1) is 0 Å². The number of esters is 1. The van der Waals surface area contributed by atoms with Crippen molar-refractivity contribution in [2.24, 2.45) is 0 Å². The van der Waals surface area contributed by atoms with Gasteiger partial charge in [0, 0.05) is 12.3 Å². The van der Waals surface area contributed by atoms with Crippen LogP contribution in [-0.2, 0) is 19.4 Å². The van der Waals surface area contributed by atoms with Crippen LogP contribution >= 0.6 is 0 Å². The smallest absolute Gasteiger partial charge is 0.322 e. The Bertz CT molecular complexity index is 286. The molecule has 0 radical (unpaired) electrons. The number of carbonyl (C=O) groups excluding carboxylic acids is 1. The Morgan fingerprint density at radius 2 is 1.93 bits per heavy atom. The summed E-state index contributed by atoms with van der Waals surface area (Å²) in [6, 6.07) is -0.754. The molecule has 0 aromatic rings. The third-order valence-corrected chi connectivity index (χ3v) is 2.75. The molecule has 2 unspecified atom stereocenters. The van der Waals surface area contributed by atoms with Crippen LogP contribution in [0.2, 0.25) is 0 Å². The van der Waals surface area contributed by atoms with Gasteiger partial charge >= 0.3 is 5.97 Å². The van der Waals surface area contributed by atoms with Crippen LogP contribution in [0.15, 0.2) is 0 Å². The van der Waals surface area contributed by atoms with Gasteiger partial charge in [0.2, 0.25) is 0 Å². The first-order valence-electron chi connectivity index (χ1n) is 4.28. The molecule has 0 aliphatic rings. The second-order valence-corrected chi connectivity index (χ2v) is 5.59. The molecule has 0 aromatic carbocycles. The van der Waals surface area contributed by atoms with E-state index in [0.29, 0.717) is 0 Å². The third kappa shape index (κ3) is 5.93. The van der Waals surface area contributed by atoms with E-state index < -0.39 is 21.8 Å². The summed E-state index contributed by atoms with van der Waals surface area (Å²) in [4.78, 5) is 11.0. The first kappa shape index (κ1) is 13.4. The minimum Gasteiger partial charge on any atom is -0.468 e. The molecule has 84 valence electrons. The molecule has 14 heavy (non-hydrogen) atoms. The topological polar surface area (TPSA) is 72.5 Å². The molecule has 0 heterocycles. The van der Waals surface area contributed by atoms with Gasteiger partial charge < -0.3 is 10.1 Å². The van der Waals surface area contributed by atoms with Gasteiger partial charge in [0.15, 0.2) is 0 Å². The number of sulfone groups is 1. The zero-order chi connectivity index (χ0) is 11.4. The zero-order valence-corrected chi connectivity index (χ0v) is 9.72. The summed E-state index contributed by atoms with van der Waals surface area (Å²) in [5, 5.41) is 2.83. The number of ether oxygens (including phenoxy) is 1. The van der Waals surface area contributed by atoms with Crippen molar-refractivity contribution in [3.05, 3.63) is 0 Å². The van der Waals surface area contributed by atoms with Crippen molar-refractivity contribution in [3.63, 3.8) is 0 Å². The number of methoxy groups -OCH3 is 1. The van der Waals surface area contributed by atoms with Gasteiger partial charge in [-0.2, -0.15) is 0 Å². The fourth-order valence-corrected chi connectivity index (χ4v) is 2.18. The van der Waals surface area contributed by atoms with Gasteiger partial charge in [0.1, 0.15) is 15.9 Å². The maximum Gasteiger partial charge on any atom is 0.322 e. The first-order chi connectivity index (χ1) is 6.26. The van der Waals surface area contributed by atoms with Gasteiger partial charge in [-0.3, -0.25) is 4.79 Å². The normalized spacial score (nSPS) is 16.0. The minimum atomic E-state index is -3.02. The van der Waals surface area contributed by atoms with Crippen molar-refractivity contribution in [2.75, 3.05) is 19.1 Å². The third-order valence-electron chi connectivity index (χ3n) is 1.64. The fourth-order valence-electron chi connectivity index (χ4n) is 1.17. The van der Waals surface area contributed by atoms with Crippen LogP contribution < -0.4 is 5.32 Å². The summed E-state index contributed by atoms with van der Waals surface area (Å²) < 4.78 is 26.3. The van der Waals surface area contributed by atoms with E-state index in [1.807, 2.05) is 0 Å². The van der Waals surface area contributed by atoms with Gasteiger partial charge in [-0.15, -0.1) is 0 Å². The average Bonchev–Trinajstić information content (AvgIpc) is 1.99. The highest BCUT2D eigenvalue weighted by molar-refractivity contribution is 7.90. The van der Waals surface area contributed by atoms with Crippen molar-refractivity contribution >= 4 is 15.8 Å². The molecule has 0 aliphatic heterocycles.